The summed E-state index contributed by atoms with van der Waals surface area (Å²) in [5, 5.41) is 0. The van der Waals surface area contributed by atoms with E-state index in [1.807, 2.05) is 36.2 Å². The van der Waals surface area contributed by atoms with Crippen molar-refractivity contribution in [2.24, 2.45) is 5.92 Å². The van der Waals surface area contributed by atoms with Gasteiger partial charge in [-0.05, 0) is 69.8 Å². The van der Waals surface area contributed by atoms with Gasteiger partial charge in [-0.2, -0.15) is 0 Å². The number of hydrogen-bond donors (Lipinski definition) is 0. The van der Waals surface area contributed by atoms with Crippen LogP contribution in [-0.2, 0) is 15.1 Å². The first-order valence-corrected chi connectivity index (χ1v) is 11.7. The number of ether oxygens (including phenoxy) is 1. The molecule has 7 heteroatoms. The molecule has 1 spiro atoms. The number of hydrogen-bond acceptors (Lipinski definition) is 6. The fraction of sp³-hybridized carbons (Fsp3) is 0.520. The molecule has 0 bridgehead atoms. The molecule has 1 saturated carbocycles. The number of aromatic nitrogens is 2. The Bertz CT molecular complexity index is 996. The first-order chi connectivity index (χ1) is 15.6. The molecule has 2 fully saturated rings. The standard InChI is InChI=1S/C25H30N4O3/c1-28(15-16-29-13-2-3-14-29)23(30)18-8-10-25(11-9-18)20-6-7-21(19-5-4-12-26-17-19)27-22(20)24(31)32-25/h4-7,12,17-18H,2-3,8-11,13-16H2,1H3. The molecule has 5 rings (SSSR count). The quantitative estimate of drug-likeness (QED) is 0.673. The number of rotatable bonds is 5. The van der Waals surface area contributed by atoms with Gasteiger partial charge >= 0.3 is 5.97 Å². The number of carbonyl (C=O) groups excluding carboxylic acids is 2. The predicted octanol–water partition coefficient (Wildman–Crippen LogP) is 3.25. The van der Waals surface area contributed by atoms with Gasteiger partial charge in [0.1, 0.15) is 5.60 Å². The lowest BCUT2D eigenvalue weighted by atomic mass is 9.75. The van der Waals surface area contributed by atoms with Crippen LogP contribution < -0.4 is 0 Å². The van der Waals surface area contributed by atoms with Crippen LogP contribution in [0, 0.1) is 5.92 Å². The topological polar surface area (TPSA) is 75.6 Å². The van der Waals surface area contributed by atoms with Gasteiger partial charge in [-0.3, -0.25) is 9.78 Å². The Labute approximate surface area is 188 Å². The van der Waals surface area contributed by atoms with Crippen molar-refractivity contribution < 1.29 is 14.3 Å². The molecule has 4 heterocycles. The smallest absolute Gasteiger partial charge is 0.358 e. The summed E-state index contributed by atoms with van der Waals surface area (Å²) in [5.74, 6) is -0.151. The number of amides is 1. The zero-order chi connectivity index (χ0) is 22.1. The van der Waals surface area contributed by atoms with Crippen LogP contribution >= 0.6 is 0 Å². The average Bonchev–Trinajstić information content (AvgIpc) is 3.45. The number of fused-ring (bicyclic) bond motifs is 2. The lowest BCUT2D eigenvalue weighted by molar-refractivity contribution is -0.137. The van der Waals surface area contributed by atoms with Crippen LogP contribution in [0.15, 0.2) is 36.7 Å². The molecule has 0 aromatic carbocycles. The van der Waals surface area contributed by atoms with Crippen molar-refractivity contribution >= 4 is 11.9 Å². The molecule has 2 aromatic heterocycles. The second-order valence-electron chi connectivity index (χ2n) is 9.30. The van der Waals surface area contributed by atoms with E-state index in [2.05, 4.69) is 14.9 Å². The van der Waals surface area contributed by atoms with E-state index in [0.717, 1.165) is 50.1 Å². The molecule has 0 radical (unpaired) electrons. The van der Waals surface area contributed by atoms with Crippen LogP contribution in [0.25, 0.3) is 11.3 Å². The Balaban J connectivity index is 1.25. The van der Waals surface area contributed by atoms with E-state index in [1.165, 1.54) is 12.8 Å². The van der Waals surface area contributed by atoms with Crippen LogP contribution in [0.5, 0.6) is 0 Å². The number of likely N-dealkylation sites (tertiary alicyclic amines) is 1. The van der Waals surface area contributed by atoms with Crippen molar-refractivity contribution in [1.29, 1.82) is 0 Å². The number of esters is 1. The van der Waals surface area contributed by atoms with E-state index >= 15 is 0 Å². The summed E-state index contributed by atoms with van der Waals surface area (Å²) in [6, 6.07) is 7.68. The molecular weight excluding hydrogens is 404 g/mol. The maximum Gasteiger partial charge on any atom is 0.358 e. The number of carbonyl (C=O) groups is 2. The molecule has 1 amide bonds. The summed E-state index contributed by atoms with van der Waals surface area (Å²) < 4.78 is 5.91. The highest BCUT2D eigenvalue weighted by Gasteiger charge is 2.49. The van der Waals surface area contributed by atoms with Crippen LogP contribution in [0.2, 0.25) is 0 Å². The first kappa shape index (κ1) is 21.1. The maximum absolute atomic E-state index is 13.0. The summed E-state index contributed by atoms with van der Waals surface area (Å²) >= 11 is 0. The molecule has 0 unspecified atom stereocenters. The number of nitrogens with zero attached hydrogens (tertiary/aromatic N) is 4. The molecular formula is C25H30N4O3. The zero-order valence-electron chi connectivity index (χ0n) is 18.6. The number of likely N-dealkylation sites (N-methyl/N-ethyl adjacent to an activating group) is 1. The van der Waals surface area contributed by atoms with Crippen LogP contribution in [0.1, 0.15) is 54.6 Å². The van der Waals surface area contributed by atoms with Gasteiger partial charge in [0.2, 0.25) is 5.91 Å². The van der Waals surface area contributed by atoms with Gasteiger partial charge in [0.15, 0.2) is 5.69 Å². The lowest BCUT2D eigenvalue weighted by Gasteiger charge is -2.37. The van der Waals surface area contributed by atoms with Crippen molar-refractivity contribution in [1.82, 2.24) is 19.8 Å². The highest BCUT2D eigenvalue weighted by molar-refractivity contribution is 5.93. The van der Waals surface area contributed by atoms with Gasteiger partial charge in [-0.25, -0.2) is 9.78 Å². The van der Waals surface area contributed by atoms with Crippen LogP contribution in [0.4, 0.5) is 0 Å². The summed E-state index contributed by atoms with van der Waals surface area (Å²) in [7, 11) is 1.91. The normalized spacial score (nSPS) is 25.0. The summed E-state index contributed by atoms with van der Waals surface area (Å²) in [5.41, 5.74) is 2.21. The molecule has 1 saturated heterocycles. The number of pyridine rings is 2. The van der Waals surface area contributed by atoms with E-state index in [-0.39, 0.29) is 17.8 Å². The van der Waals surface area contributed by atoms with E-state index in [4.69, 9.17) is 4.74 Å². The fourth-order valence-electron chi connectivity index (χ4n) is 5.36. The summed E-state index contributed by atoms with van der Waals surface area (Å²) in [4.78, 5) is 38.7. The Morgan fingerprint density at radius 3 is 2.72 bits per heavy atom. The van der Waals surface area contributed by atoms with Crippen molar-refractivity contribution in [3.63, 3.8) is 0 Å². The van der Waals surface area contributed by atoms with Crippen molar-refractivity contribution in [2.75, 3.05) is 33.2 Å². The minimum absolute atomic E-state index is 0.00502. The molecule has 2 aromatic rings. The summed E-state index contributed by atoms with van der Waals surface area (Å²) in [6.07, 6.45) is 8.76. The van der Waals surface area contributed by atoms with Crippen molar-refractivity contribution in [3.05, 3.63) is 47.9 Å². The molecule has 1 aliphatic carbocycles. The second kappa shape index (κ2) is 8.62. The molecule has 0 atom stereocenters. The third kappa shape index (κ3) is 3.90. The van der Waals surface area contributed by atoms with E-state index in [1.54, 1.807) is 12.4 Å². The van der Waals surface area contributed by atoms with Gasteiger partial charge in [0, 0.05) is 49.6 Å². The van der Waals surface area contributed by atoms with Gasteiger partial charge in [-0.15, -0.1) is 0 Å². The average molecular weight is 435 g/mol. The van der Waals surface area contributed by atoms with E-state index in [0.29, 0.717) is 24.2 Å². The lowest BCUT2D eigenvalue weighted by Crippen LogP contribution is -2.41. The molecule has 32 heavy (non-hydrogen) atoms. The van der Waals surface area contributed by atoms with Crippen LogP contribution in [-0.4, -0.2) is 64.9 Å². The van der Waals surface area contributed by atoms with Gasteiger partial charge in [-0.1, -0.05) is 6.07 Å². The largest absolute Gasteiger partial charge is 0.449 e. The monoisotopic (exact) mass is 434 g/mol. The van der Waals surface area contributed by atoms with E-state index < -0.39 is 5.60 Å². The first-order valence-electron chi connectivity index (χ1n) is 11.7. The fourth-order valence-corrected chi connectivity index (χ4v) is 5.36. The Morgan fingerprint density at radius 1 is 1.22 bits per heavy atom. The predicted molar refractivity (Wildman–Crippen MR) is 120 cm³/mol. The van der Waals surface area contributed by atoms with Gasteiger partial charge in [0.25, 0.3) is 0 Å². The Hall–Kier alpha value is -2.80. The van der Waals surface area contributed by atoms with E-state index in [9.17, 15) is 9.59 Å². The molecule has 3 aliphatic rings. The SMILES string of the molecule is CN(CCN1CCCC1)C(=O)C1CCC2(CC1)OC(=O)c1nc(-c3cccnc3)ccc12. The third-order valence-electron chi connectivity index (χ3n) is 7.29. The minimum atomic E-state index is -0.641. The minimum Gasteiger partial charge on any atom is -0.449 e. The molecule has 0 N–H and O–H groups in total. The maximum atomic E-state index is 13.0. The highest BCUT2D eigenvalue weighted by atomic mass is 16.6. The third-order valence-corrected chi connectivity index (χ3v) is 7.29. The van der Waals surface area contributed by atoms with Crippen molar-refractivity contribution in [2.45, 2.75) is 44.1 Å². The summed E-state index contributed by atoms with van der Waals surface area (Å²) in [6.45, 7) is 4.03. The molecule has 168 valence electrons. The Kier molecular flexibility index (Phi) is 5.67. The highest BCUT2D eigenvalue weighted by Crippen LogP contribution is 2.48. The Morgan fingerprint density at radius 2 is 2.00 bits per heavy atom. The molecule has 7 nitrogen and oxygen atoms in total. The second-order valence-corrected chi connectivity index (χ2v) is 9.30. The van der Waals surface area contributed by atoms with Crippen molar-refractivity contribution in [3.8, 4) is 11.3 Å². The van der Waals surface area contributed by atoms with Gasteiger partial charge < -0.3 is 14.5 Å². The molecule has 2 aliphatic heterocycles. The van der Waals surface area contributed by atoms with Crippen LogP contribution in [0.3, 0.4) is 0 Å². The zero-order valence-corrected chi connectivity index (χ0v) is 18.6. The van der Waals surface area contributed by atoms with Gasteiger partial charge in [0.05, 0.1) is 5.69 Å².